The van der Waals surface area contributed by atoms with E-state index in [0.29, 0.717) is 32.5 Å². The van der Waals surface area contributed by atoms with Crippen LogP contribution in [0.1, 0.15) is 44.1 Å². The van der Waals surface area contributed by atoms with E-state index in [2.05, 4.69) is 10.6 Å². The van der Waals surface area contributed by atoms with E-state index in [-0.39, 0.29) is 24.8 Å². The summed E-state index contributed by atoms with van der Waals surface area (Å²) < 4.78 is 5.93. The number of rotatable bonds is 8. The molecule has 0 unspecified atom stereocenters. The van der Waals surface area contributed by atoms with Crippen molar-refractivity contribution >= 4 is 11.8 Å². The van der Waals surface area contributed by atoms with Crippen LogP contribution in [0.4, 0.5) is 0 Å². The number of nitrogens with zero attached hydrogens (tertiary/aromatic N) is 1. The third-order valence-electron chi connectivity index (χ3n) is 6.48. The number of ether oxygens (including phenoxy) is 1. The second kappa shape index (κ2) is 10.8. The Bertz CT molecular complexity index is 944. The predicted octanol–water partition coefficient (Wildman–Crippen LogP) is 2.98. The van der Waals surface area contributed by atoms with Crippen molar-refractivity contribution in [2.24, 2.45) is 0 Å². The Morgan fingerprint density at radius 3 is 2.64 bits per heavy atom. The lowest BCUT2D eigenvalue weighted by Crippen LogP contribution is -2.56. The van der Waals surface area contributed by atoms with Gasteiger partial charge in [0.2, 0.25) is 11.8 Å². The lowest BCUT2D eigenvalue weighted by molar-refractivity contribution is -0.134. The van der Waals surface area contributed by atoms with E-state index in [1.165, 1.54) is 0 Å². The molecule has 1 aliphatic carbocycles. The minimum absolute atomic E-state index is 0.0715. The first-order valence-corrected chi connectivity index (χ1v) is 11.8. The first-order chi connectivity index (χ1) is 16.0. The molecule has 1 atom stereocenters. The van der Waals surface area contributed by atoms with Crippen molar-refractivity contribution in [3.63, 3.8) is 0 Å². The van der Waals surface area contributed by atoms with Gasteiger partial charge in [-0.15, -0.1) is 0 Å². The number of benzene rings is 2. The van der Waals surface area contributed by atoms with Crippen LogP contribution in [0.15, 0.2) is 54.6 Å². The zero-order chi connectivity index (χ0) is 23.1. The number of nitrogens with one attached hydrogen (secondary N) is 2. The average Bonchev–Trinajstić information content (AvgIpc) is 2.82. The van der Waals surface area contributed by atoms with E-state index < -0.39 is 11.6 Å². The van der Waals surface area contributed by atoms with Gasteiger partial charge in [0.25, 0.3) is 0 Å². The summed E-state index contributed by atoms with van der Waals surface area (Å²) in [6, 6.07) is 16.9. The van der Waals surface area contributed by atoms with Crippen LogP contribution in [0.5, 0.6) is 11.5 Å². The van der Waals surface area contributed by atoms with Gasteiger partial charge in [-0.3, -0.25) is 14.5 Å². The van der Waals surface area contributed by atoms with Crippen LogP contribution < -0.4 is 15.4 Å². The molecule has 7 heteroatoms. The van der Waals surface area contributed by atoms with E-state index >= 15 is 0 Å². The van der Waals surface area contributed by atoms with Gasteiger partial charge in [-0.1, -0.05) is 49.6 Å². The van der Waals surface area contributed by atoms with Crippen LogP contribution in [-0.4, -0.2) is 53.1 Å². The van der Waals surface area contributed by atoms with E-state index in [4.69, 9.17) is 4.74 Å². The molecule has 1 saturated heterocycles. The van der Waals surface area contributed by atoms with Gasteiger partial charge in [-0.2, -0.15) is 0 Å². The summed E-state index contributed by atoms with van der Waals surface area (Å²) in [7, 11) is 0. The molecule has 1 saturated carbocycles. The molecule has 2 aromatic rings. The molecular weight excluding hydrogens is 418 g/mol. The first-order valence-electron chi connectivity index (χ1n) is 11.8. The van der Waals surface area contributed by atoms with Gasteiger partial charge in [-0.25, -0.2) is 0 Å². The molecule has 1 aliphatic heterocycles. The van der Waals surface area contributed by atoms with Gasteiger partial charge in [0, 0.05) is 26.2 Å². The Labute approximate surface area is 195 Å². The Balaban J connectivity index is 1.36. The predicted molar refractivity (Wildman–Crippen MR) is 126 cm³/mol. The molecule has 2 fully saturated rings. The largest absolute Gasteiger partial charge is 0.457 e. The van der Waals surface area contributed by atoms with Crippen LogP contribution in [-0.2, 0) is 16.1 Å². The molecule has 2 amide bonds. The normalized spacial score (nSPS) is 20.6. The number of aliphatic hydroxyl groups is 1. The fourth-order valence-electron chi connectivity index (χ4n) is 4.64. The maximum Gasteiger partial charge on any atom is 0.237 e. The fraction of sp³-hybridized carbons (Fsp3) is 0.462. The van der Waals surface area contributed by atoms with Gasteiger partial charge < -0.3 is 20.5 Å². The van der Waals surface area contributed by atoms with Crippen molar-refractivity contribution in [2.45, 2.75) is 56.7 Å². The molecule has 3 N–H and O–H groups in total. The fourth-order valence-corrected chi connectivity index (χ4v) is 4.64. The standard InChI is InChI=1S/C26H33N3O4/c30-24(28-19-26(32)12-5-2-6-13-26)17-23-25(31)27-14-15-29(23)18-20-8-7-11-22(16-20)33-21-9-3-1-4-10-21/h1,3-4,7-11,16,23,32H,2,5-6,12-15,17-19H2,(H,27,31)(H,28,30)/t23-/m1/s1. The summed E-state index contributed by atoms with van der Waals surface area (Å²) in [6.07, 6.45) is 4.60. The van der Waals surface area contributed by atoms with Gasteiger partial charge in [-0.05, 0) is 42.7 Å². The molecule has 2 aliphatic rings. The lowest BCUT2D eigenvalue weighted by atomic mass is 9.85. The molecule has 7 nitrogen and oxygen atoms in total. The SMILES string of the molecule is O=C(C[C@@H]1C(=O)NCCN1Cc1cccc(Oc2ccccc2)c1)NCC1(O)CCCCC1. The van der Waals surface area contributed by atoms with Crippen molar-refractivity contribution in [3.05, 3.63) is 60.2 Å². The number of carbonyl (C=O) groups is 2. The van der Waals surface area contributed by atoms with E-state index in [0.717, 1.165) is 36.3 Å². The van der Waals surface area contributed by atoms with Crippen LogP contribution >= 0.6 is 0 Å². The minimum Gasteiger partial charge on any atom is -0.457 e. The van der Waals surface area contributed by atoms with Gasteiger partial charge in [0.05, 0.1) is 18.1 Å². The summed E-state index contributed by atoms with van der Waals surface area (Å²) in [5.41, 5.74) is 0.196. The molecule has 4 rings (SSSR count). The van der Waals surface area contributed by atoms with E-state index in [1.54, 1.807) is 0 Å². The van der Waals surface area contributed by atoms with Crippen molar-refractivity contribution < 1.29 is 19.4 Å². The number of hydrogen-bond donors (Lipinski definition) is 3. The second-order valence-corrected chi connectivity index (χ2v) is 9.11. The molecular formula is C26H33N3O4. The first kappa shape index (κ1) is 23.3. The maximum absolute atomic E-state index is 12.6. The van der Waals surface area contributed by atoms with Crippen molar-refractivity contribution in [1.82, 2.24) is 15.5 Å². The quantitative estimate of drug-likeness (QED) is 0.574. The number of para-hydroxylation sites is 1. The molecule has 176 valence electrons. The average molecular weight is 452 g/mol. The van der Waals surface area contributed by atoms with Crippen LogP contribution in [0.2, 0.25) is 0 Å². The van der Waals surface area contributed by atoms with Crippen molar-refractivity contribution in [1.29, 1.82) is 0 Å². The zero-order valence-electron chi connectivity index (χ0n) is 19.0. The molecule has 0 bridgehead atoms. The summed E-state index contributed by atoms with van der Waals surface area (Å²) in [5.74, 6) is 1.16. The number of hydrogen-bond acceptors (Lipinski definition) is 5. The summed E-state index contributed by atoms with van der Waals surface area (Å²) >= 11 is 0. The molecule has 0 spiro atoms. The lowest BCUT2D eigenvalue weighted by Gasteiger charge is -2.35. The van der Waals surface area contributed by atoms with E-state index in [1.807, 2.05) is 59.5 Å². The highest BCUT2D eigenvalue weighted by atomic mass is 16.5. The van der Waals surface area contributed by atoms with Crippen LogP contribution in [0, 0.1) is 0 Å². The van der Waals surface area contributed by atoms with Crippen LogP contribution in [0.25, 0.3) is 0 Å². The van der Waals surface area contributed by atoms with Gasteiger partial charge in [0.15, 0.2) is 0 Å². The van der Waals surface area contributed by atoms with Gasteiger partial charge in [0.1, 0.15) is 11.5 Å². The minimum atomic E-state index is -0.818. The topological polar surface area (TPSA) is 90.9 Å². The molecule has 33 heavy (non-hydrogen) atoms. The molecule has 1 heterocycles. The molecule has 2 aromatic carbocycles. The van der Waals surface area contributed by atoms with Crippen LogP contribution in [0.3, 0.4) is 0 Å². The van der Waals surface area contributed by atoms with Crippen molar-refractivity contribution in [3.8, 4) is 11.5 Å². The Morgan fingerprint density at radius 1 is 1.09 bits per heavy atom. The smallest absolute Gasteiger partial charge is 0.237 e. The van der Waals surface area contributed by atoms with Crippen molar-refractivity contribution in [2.75, 3.05) is 19.6 Å². The Morgan fingerprint density at radius 2 is 1.85 bits per heavy atom. The number of piperazine rings is 1. The zero-order valence-corrected chi connectivity index (χ0v) is 19.0. The molecule has 0 aromatic heterocycles. The second-order valence-electron chi connectivity index (χ2n) is 9.11. The highest BCUT2D eigenvalue weighted by Crippen LogP contribution is 2.27. The summed E-state index contributed by atoms with van der Waals surface area (Å²) in [4.78, 5) is 27.3. The molecule has 0 radical (unpaired) electrons. The number of carbonyl (C=O) groups excluding carboxylic acids is 2. The van der Waals surface area contributed by atoms with E-state index in [9.17, 15) is 14.7 Å². The number of amides is 2. The van der Waals surface area contributed by atoms with Gasteiger partial charge >= 0.3 is 0 Å². The third kappa shape index (κ3) is 6.55. The maximum atomic E-state index is 12.6. The summed E-state index contributed by atoms with van der Waals surface area (Å²) in [6.45, 7) is 2.01. The highest BCUT2D eigenvalue weighted by Gasteiger charge is 2.33. The third-order valence-corrected chi connectivity index (χ3v) is 6.48. The summed E-state index contributed by atoms with van der Waals surface area (Å²) in [5, 5.41) is 16.4. The monoisotopic (exact) mass is 451 g/mol. The Kier molecular flexibility index (Phi) is 7.62. The Hall–Kier alpha value is -2.90. The highest BCUT2D eigenvalue weighted by molar-refractivity contribution is 5.88.